The maximum absolute atomic E-state index is 13.0. The maximum Gasteiger partial charge on any atom is 0.234 e. The summed E-state index contributed by atoms with van der Waals surface area (Å²) in [6.07, 6.45) is 0. The SMILES string of the molecule is CC(C)c1ccc(NC(=O)CSCc2cccc(F)c2)cc1. The highest BCUT2D eigenvalue weighted by atomic mass is 32.2. The number of carbonyl (C=O) groups is 1. The summed E-state index contributed by atoms with van der Waals surface area (Å²) in [5.74, 6) is 1.16. The van der Waals surface area contributed by atoms with Crippen LogP contribution in [0, 0.1) is 5.82 Å². The molecule has 0 aromatic heterocycles. The molecular formula is C18H20FNOS. The first-order valence-electron chi connectivity index (χ1n) is 7.26. The van der Waals surface area contributed by atoms with Gasteiger partial charge >= 0.3 is 0 Å². The summed E-state index contributed by atoms with van der Waals surface area (Å²) < 4.78 is 13.0. The van der Waals surface area contributed by atoms with Gasteiger partial charge in [-0.05, 0) is 41.3 Å². The molecule has 0 bridgehead atoms. The molecule has 0 aliphatic rings. The Labute approximate surface area is 135 Å². The van der Waals surface area contributed by atoms with E-state index in [1.54, 1.807) is 6.07 Å². The lowest BCUT2D eigenvalue weighted by atomic mass is 10.0. The molecule has 2 aromatic carbocycles. The number of carbonyl (C=O) groups excluding carboxylic acids is 1. The first-order valence-corrected chi connectivity index (χ1v) is 8.42. The van der Waals surface area contributed by atoms with Crippen LogP contribution in [0.2, 0.25) is 0 Å². The number of benzene rings is 2. The van der Waals surface area contributed by atoms with Crippen molar-refractivity contribution in [2.75, 3.05) is 11.1 Å². The molecule has 0 saturated heterocycles. The third-order valence-corrected chi connectivity index (χ3v) is 4.26. The van der Waals surface area contributed by atoms with E-state index in [1.807, 2.05) is 30.3 Å². The Balaban J connectivity index is 1.78. The van der Waals surface area contributed by atoms with Gasteiger partial charge in [0.1, 0.15) is 5.82 Å². The number of amides is 1. The van der Waals surface area contributed by atoms with Gasteiger partial charge < -0.3 is 5.32 Å². The minimum atomic E-state index is -0.243. The van der Waals surface area contributed by atoms with E-state index in [0.717, 1.165) is 11.3 Å². The van der Waals surface area contributed by atoms with Crippen molar-refractivity contribution in [3.05, 3.63) is 65.5 Å². The summed E-state index contributed by atoms with van der Waals surface area (Å²) in [6, 6.07) is 14.4. The number of hydrogen-bond donors (Lipinski definition) is 1. The zero-order chi connectivity index (χ0) is 15.9. The van der Waals surface area contributed by atoms with Crippen molar-refractivity contribution in [2.24, 2.45) is 0 Å². The predicted octanol–water partition coefficient (Wildman–Crippen LogP) is 4.82. The number of halogens is 1. The van der Waals surface area contributed by atoms with Crippen molar-refractivity contribution in [1.82, 2.24) is 0 Å². The summed E-state index contributed by atoms with van der Waals surface area (Å²) in [5, 5.41) is 2.87. The molecule has 1 N–H and O–H groups in total. The van der Waals surface area contributed by atoms with Gasteiger partial charge in [0.25, 0.3) is 0 Å². The van der Waals surface area contributed by atoms with Gasteiger partial charge in [-0.15, -0.1) is 11.8 Å². The topological polar surface area (TPSA) is 29.1 Å². The zero-order valence-corrected chi connectivity index (χ0v) is 13.6. The fourth-order valence-corrected chi connectivity index (χ4v) is 2.81. The molecule has 0 saturated carbocycles. The smallest absolute Gasteiger partial charge is 0.234 e. The van der Waals surface area contributed by atoms with E-state index < -0.39 is 0 Å². The molecule has 4 heteroatoms. The van der Waals surface area contributed by atoms with E-state index >= 15 is 0 Å². The van der Waals surface area contributed by atoms with Crippen molar-refractivity contribution in [3.63, 3.8) is 0 Å². The molecule has 2 aromatic rings. The highest BCUT2D eigenvalue weighted by molar-refractivity contribution is 7.99. The van der Waals surface area contributed by atoms with E-state index in [4.69, 9.17) is 0 Å². The van der Waals surface area contributed by atoms with Crippen LogP contribution in [0.3, 0.4) is 0 Å². The van der Waals surface area contributed by atoms with Gasteiger partial charge in [-0.2, -0.15) is 0 Å². The minimum absolute atomic E-state index is 0.0429. The first kappa shape index (κ1) is 16.6. The van der Waals surface area contributed by atoms with Crippen LogP contribution >= 0.6 is 11.8 Å². The molecule has 116 valence electrons. The van der Waals surface area contributed by atoms with Gasteiger partial charge in [-0.1, -0.05) is 38.1 Å². The van der Waals surface area contributed by atoms with Gasteiger partial charge in [0, 0.05) is 11.4 Å². The van der Waals surface area contributed by atoms with Crippen LogP contribution in [0.1, 0.15) is 30.9 Å². The van der Waals surface area contributed by atoms with Crippen molar-refractivity contribution in [3.8, 4) is 0 Å². The molecule has 0 heterocycles. The van der Waals surface area contributed by atoms with E-state index in [2.05, 4.69) is 19.2 Å². The molecule has 0 aliphatic carbocycles. The molecule has 2 rings (SSSR count). The van der Waals surface area contributed by atoms with E-state index in [0.29, 0.717) is 17.4 Å². The van der Waals surface area contributed by atoms with Crippen molar-refractivity contribution >= 4 is 23.4 Å². The lowest BCUT2D eigenvalue weighted by molar-refractivity contribution is -0.113. The van der Waals surface area contributed by atoms with E-state index in [9.17, 15) is 9.18 Å². The molecule has 2 nitrogen and oxygen atoms in total. The average Bonchev–Trinajstić information content (AvgIpc) is 2.48. The summed E-state index contributed by atoms with van der Waals surface area (Å²) in [7, 11) is 0. The molecule has 0 atom stereocenters. The second-order valence-corrected chi connectivity index (χ2v) is 6.43. The van der Waals surface area contributed by atoms with Gasteiger partial charge in [0.05, 0.1) is 5.75 Å². The average molecular weight is 317 g/mol. The third kappa shape index (κ3) is 5.19. The fraction of sp³-hybridized carbons (Fsp3) is 0.278. The number of rotatable bonds is 6. The standard InChI is InChI=1S/C18H20FNOS/c1-13(2)15-6-8-17(9-7-15)20-18(21)12-22-11-14-4-3-5-16(19)10-14/h3-10,13H,11-12H2,1-2H3,(H,20,21). The van der Waals surface area contributed by atoms with Crippen LogP contribution in [-0.2, 0) is 10.5 Å². The number of anilines is 1. The lowest BCUT2D eigenvalue weighted by Gasteiger charge is -2.08. The lowest BCUT2D eigenvalue weighted by Crippen LogP contribution is -2.14. The van der Waals surface area contributed by atoms with Crippen LogP contribution in [0.5, 0.6) is 0 Å². The fourth-order valence-electron chi connectivity index (χ4n) is 2.04. The largest absolute Gasteiger partial charge is 0.325 e. The summed E-state index contributed by atoms with van der Waals surface area (Å²) in [6.45, 7) is 4.27. The summed E-state index contributed by atoms with van der Waals surface area (Å²) >= 11 is 1.47. The van der Waals surface area contributed by atoms with Crippen LogP contribution in [0.15, 0.2) is 48.5 Å². The highest BCUT2D eigenvalue weighted by Crippen LogP contribution is 2.18. The van der Waals surface area contributed by atoms with E-state index in [-0.39, 0.29) is 11.7 Å². The van der Waals surface area contributed by atoms with Gasteiger partial charge in [-0.3, -0.25) is 4.79 Å². The Morgan fingerprint density at radius 3 is 2.55 bits per heavy atom. The summed E-state index contributed by atoms with van der Waals surface area (Å²) in [4.78, 5) is 11.9. The molecule has 0 radical (unpaired) electrons. The third-order valence-electron chi connectivity index (χ3n) is 3.25. The molecule has 22 heavy (non-hydrogen) atoms. The maximum atomic E-state index is 13.0. The molecular weight excluding hydrogens is 297 g/mol. The van der Waals surface area contributed by atoms with Crippen LogP contribution < -0.4 is 5.32 Å². The monoisotopic (exact) mass is 317 g/mol. The van der Waals surface area contributed by atoms with Crippen LogP contribution in [0.4, 0.5) is 10.1 Å². The summed E-state index contributed by atoms with van der Waals surface area (Å²) in [5.41, 5.74) is 2.94. The van der Waals surface area contributed by atoms with E-state index in [1.165, 1.54) is 29.5 Å². The molecule has 0 fully saturated rings. The number of hydrogen-bond acceptors (Lipinski definition) is 2. The second-order valence-electron chi connectivity index (χ2n) is 5.45. The Morgan fingerprint density at radius 1 is 1.18 bits per heavy atom. The highest BCUT2D eigenvalue weighted by Gasteiger charge is 2.04. The molecule has 0 spiro atoms. The van der Waals surface area contributed by atoms with Crippen LogP contribution in [-0.4, -0.2) is 11.7 Å². The quantitative estimate of drug-likeness (QED) is 0.827. The Morgan fingerprint density at radius 2 is 1.91 bits per heavy atom. The van der Waals surface area contributed by atoms with Crippen molar-refractivity contribution < 1.29 is 9.18 Å². The molecule has 0 unspecified atom stereocenters. The molecule has 1 amide bonds. The van der Waals surface area contributed by atoms with Gasteiger partial charge in [-0.25, -0.2) is 4.39 Å². The Kier molecular flexibility index (Phi) is 6.01. The normalized spacial score (nSPS) is 10.7. The first-order chi connectivity index (χ1) is 10.5. The van der Waals surface area contributed by atoms with Gasteiger partial charge in [0.2, 0.25) is 5.91 Å². The second kappa shape index (κ2) is 7.99. The van der Waals surface area contributed by atoms with Crippen molar-refractivity contribution in [2.45, 2.75) is 25.5 Å². The Hall–Kier alpha value is -1.81. The minimum Gasteiger partial charge on any atom is -0.325 e. The Bertz CT molecular complexity index is 625. The molecule has 0 aliphatic heterocycles. The predicted molar refractivity (Wildman–Crippen MR) is 91.7 cm³/mol. The number of nitrogens with one attached hydrogen (secondary N) is 1. The number of thioether (sulfide) groups is 1. The van der Waals surface area contributed by atoms with Gasteiger partial charge in [0.15, 0.2) is 0 Å². The van der Waals surface area contributed by atoms with Crippen molar-refractivity contribution in [1.29, 1.82) is 0 Å². The zero-order valence-electron chi connectivity index (χ0n) is 12.8. The van der Waals surface area contributed by atoms with Crippen LogP contribution in [0.25, 0.3) is 0 Å².